The maximum atomic E-state index is 11.4. The molecule has 1 aliphatic heterocycles. The van der Waals surface area contributed by atoms with Crippen LogP contribution >= 0.6 is 0 Å². The Hall–Kier alpha value is -1.77. The molecular formula is C13H16O3. The van der Waals surface area contributed by atoms with E-state index in [0.29, 0.717) is 12.0 Å². The number of fused-ring (bicyclic) bond motifs is 1. The van der Waals surface area contributed by atoms with Crippen molar-refractivity contribution in [3.05, 3.63) is 42.0 Å². The number of phenolic OH excluding ortho intramolecular Hbond substituents is 1. The Morgan fingerprint density at radius 2 is 2.19 bits per heavy atom. The summed E-state index contributed by atoms with van der Waals surface area (Å²) in [4.78, 5) is 11.4. The molecule has 0 aromatic heterocycles. The number of carbonyl (C=O) groups excluding carboxylic acids is 1. The van der Waals surface area contributed by atoms with E-state index in [4.69, 9.17) is 4.74 Å². The molecule has 0 radical (unpaired) electrons. The van der Waals surface area contributed by atoms with Crippen molar-refractivity contribution < 1.29 is 14.6 Å². The van der Waals surface area contributed by atoms with Gasteiger partial charge in [-0.1, -0.05) is 32.1 Å². The predicted octanol–water partition coefficient (Wildman–Crippen LogP) is 3.21. The SMILES string of the molecule is C=CCC1OC(=O)c2c(O)cccc21.CC. The molecule has 3 heteroatoms. The second-order valence-corrected chi connectivity index (χ2v) is 3.16. The fraction of sp³-hybridized carbons (Fsp3) is 0.308. The Morgan fingerprint density at radius 1 is 1.50 bits per heavy atom. The molecule has 1 heterocycles. The molecule has 0 bridgehead atoms. The number of aromatic hydroxyl groups is 1. The molecular weight excluding hydrogens is 204 g/mol. The maximum absolute atomic E-state index is 11.4. The van der Waals surface area contributed by atoms with E-state index < -0.39 is 5.97 Å². The lowest BCUT2D eigenvalue weighted by molar-refractivity contribution is 0.0391. The van der Waals surface area contributed by atoms with E-state index in [1.165, 1.54) is 6.07 Å². The average Bonchev–Trinajstić information content (AvgIpc) is 2.61. The van der Waals surface area contributed by atoms with Gasteiger partial charge in [0.05, 0.1) is 0 Å². The van der Waals surface area contributed by atoms with Gasteiger partial charge in [0.1, 0.15) is 17.4 Å². The van der Waals surface area contributed by atoms with Crippen LogP contribution in [0.25, 0.3) is 0 Å². The Balaban J connectivity index is 0.000000606. The van der Waals surface area contributed by atoms with Gasteiger partial charge in [-0.3, -0.25) is 0 Å². The van der Waals surface area contributed by atoms with Crippen LogP contribution in [0.15, 0.2) is 30.9 Å². The number of rotatable bonds is 2. The van der Waals surface area contributed by atoms with Crippen LogP contribution in [0.2, 0.25) is 0 Å². The monoisotopic (exact) mass is 220 g/mol. The molecule has 0 fully saturated rings. The Morgan fingerprint density at radius 3 is 2.81 bits per heavy atom. The third kappa shape index (κ3) is 2.08. The van der Waals surface area contributed by atoms with Gasteiger partial charge in [-0.25, -0.2) is 4.79 Å². The minimum atomic E-state index is -0.454. The first-order chi connectivity index (χ1) is 7.74. The van der Waals surface area contributed by atoms with Crippen molar-refractivity contribution in [1.82, 2.24) is 0 Å². The van der Waals surface area contributed by atoms with Gasteiger partial charge in [0, 0.05) is 12.0 Å². The molecule has 0 spiro atoms. The van der Waals surface area contributed by atoms with E-state index in [1.54, 1.807) is 18.2 Å². The van der Waals surface area contributed by atoms with Gasteiger partial charge in [0.15, 0.2) is 0 Å². The largest absolute Gasteiger partial charge is 0.507 e. The molecule has 1 atom stereocenters. The summed E-state index contributed by atoms with van der Waals surface area (Å²) in [6.07, 6.45) is 1.97. The first-order valence-electron chi connectivity index (χ1n) is 5.37. The summed E-state index contributed by atoms with van der Waals surface area (Å²) in [7, 11) is 0. The molecule has 0 amide bonds. The van der Waals surface area contributed by atoms with Crippen LogP contribution in [0.4, 0.5) is 0 Å². The first kappa shape index (κ1) is 12.3. The third-order valence-corrected chi connectivity index (χ3v) is 2.26. The standard InChI is InChI=1S/C11H10O3.C2H6/c1-2-4-9-7-5-3-6-8(12)10(7)11(13)14-9;1-2/h2-3,5-6,9,12H,1,4H2;1-2H3. The Kier molecular flexibility index (Phi) is 4.11. The highest BCUT2D eigenvalue weighted by molar-refractivity contribution is 5.96. The zero-order chi connectivity index (χ0) is 12.1. The van der Waals surface area contributed by atoms with Crippen LogP contribution in [-0.2, 0) is 4.74 Å². The molecule has 1 N–H and O–H groups in total. The number of cyclic esters (lactones) is 1. The van der Waals surface area contributed by atoms with Crippen LogP contribution in [0.3, 0.4) is 0 Å². The van der Waals surface area contributed by atoms with Crippen molar-refractivity contribution in [2.75, 3.05) is 0 Å². The molecule has 0 saturated carbocycles. The molecule has 1 aliphatic rings. The van der Waals surface area contributed by atoms with Crippen molar-refractivity contribution >= 4 is 5.97 Å². The van der Waals surface area contributed by atoms with Crippen LogP contribution in [0, 0.1) is 0 Å². The van der Waals surface area contributed by atoms with Crippen molar-refractivity contribution in [2.24, 2.45) is 0 Å². The predicted molar refractivity (Wildman–Crippen MR) is 62.4 cm³/mol. The van der Waals surface area contributed by atoms with Gasteiger partial charge in [-0.2, -0.15) is 0 Å². The van der Waals surface area contributed by atoms with Crippen molar-refractivity contribution in [3.8, 4) is 5.75 Å². The minimum Gasteiger partial charge on any atom is -0.507 e. The number of phenols is 1. The van der Waals surface area contributed by atoms with Crippen LogP contribution < -0.4 is 0 Å². The number of hydrogen-bond acceptors (Lipinski definition) is 3. The number of benzene rings is 1. The maximum Gasteiger partial charge on any atom is 0.342 e. The van der Waals surface area contributed by atoms with Gasteiger partial charge in [0.2, 0.25) is 0 Å². The molecule has 1 aromatic carbocycles. The first-order valence-corrected chi connectivity index (χ1v) is 5.37. The van der Waals surface area contributed by atoms with E-state index >= 15 is 0 Å². The van der Waals surface area contributed by atoms with Crippen LogP contribution in [0.1, 0.15) is 42.3 Å². The fourth-order valence-electron chi connectivity index (χ4n) is 1.63. The smallest absolute Gasteiger partial charge is 0.342 e. The summed E-state index contributed by atoms with van der Waals surface area (Å²) in [5, 5.41) is 9.46. The second kappa shape index (κ2) is 5.35. The Bertz CT molecular complexity index is 396. The quantitative estimate of drug-likeness (QED) is 0.615. The summed E-state index contributed by atoms with van der Waals surface area (Å²) >= 11 is 0. The Labute approximate surface area is 95.4 Å². The normalized spacial score (nSPS) is 16.9. The average molecular weight is 220 g/mol. The molecule has 86 valence electrons. The summed E-state index contributed by atoms with van der Waals surface area (Å²) in [5.74, 6) is -0.469. The van der Waals surface area contributed by atoms with Gasteiger partial charge >= 0.3 is 5.97 Å². The van der Waals surface area contributed by atoms with Crippen molar-refractivity contribution in [1.29, 1.82) is 0 Å². The molecule has 16 heavy (non-hydrogen) atoms. The second-order valence-electron chi connectivity index (χ2n) is 3.16. The minimum absolute atomic E-state index is 0.0148. The highest BCUT2D eigenvalue weighted by atomic mass is 16.5. The molecule has 1 unspecified atom stereocenters. The summed E-state index contributed by atoms with van der Waals surface area (Å²) in [5.41, 5.74) is 1.04. The molecule has 2 rings (SSSR count). The highest BCUT2D eigenvalue weighted by Crippen LogP contribution is 2.37. The zero-order valence-electron chi connectivity index (χ0n) is 9.56. The van der Waals surface area contributed by atoms with Gasteiger partial charge < -0.3 is 9.84 Å². The third-order valence-electron chi connectivity index (χ3n) is 2.26. The van der Waals surface area contributed by atoms with E-state index in [9.17, 15) is 9.90 Å². The number of esters is 1. The van der Waals surface area contributed by atoms with Crippen molar-refractivity contribution in [3.63, 3.8) is 0 Å². The van der Waals surface area contributed by atoms with Gasteiger partial charge in [0.25, 0.3) is 0 Å². The van der Waals surface area contributed by atoms with Crippen molar-refractivity contribution in [2.45, 2.75) is 26.4 Å². The van der Waals surface area contributed by atoms with Crippen LogP contribution in [0.5, 0.6) is 5.75 Å². The summed E-state index contributed by atoms with van der Waals surface area (Å²) in [6.45, 7) is 7.59. The fourth-order valence-corrected chi connectivity index (χ4v) is 1.63. The molecule has 3 nitrogen and oxygen atoms in total. The lowest BCUT2D eigenvalue weighted by atomic mass is 10.0. The number of carbonyl (C=O) groups is 1. The number of ether oxygens (including phenoxy) is 1. The van der Waals surface area contributed by atoms with Crippen LogP contribution in [-0.4, -0.2) is 11.1 Å². The molecule has 0 saturated heterocycles. The van der Waals surface area contributed by atoms with Gasteiger partial charge in [-0.05, 0) is 6.07 Å². The molecule has 1 aromatic rings. The van der Waals surface area contributed by atoms with E-state index in [0.717, 1.165) is 5.56 Å². The lowest BCUT2D eigenvalue weighted by Gasteiger charge is -2.06. The summed E-state index contributed by atoms with van der Waals surface area (Å²) < 4.78 is 5.08. The highest BCUT2D eigenvalue weighted by Gasteiger charge is 2.32. The van der Waals surface area contributed by atoms with E-state index in [-0.39, 0.29) is 11.9 Å². The number of hydrogen-bond donors (Lipinski definition) is 1. The summed E-state index contributed by atoms with van der Waals surface area (Å²) in [6, 6.07) is 4.97. The van der Waals surface area contributed by atoms with E-state index in [1.807, 2.05) is 13.8 Å². The topological polar surface area (TPSA) is 46.5 Å². The lowest BCUT2D eigenvalue weighted by Crippen LogP contribution is -1.96. The zero-order valence-corrected chi connectivity index (χ0v) is 9.56. The van der Waals surface area contributed by atoms with Gasteiger partial charge in [-0.15, -0.1) is 6.58 Å². The molecule has 0 aliphatic carbocycles. The van der Waals surface area contributed by atoms with E-state index in [2.05, 4.69) is 6.58 Å².